The second-order valence-corrected chi connectivity index (χ2v) is 3.58. The summed E-state index contributed by atoms with van der Waals surface area (Å²) >= 11 is 0. The highest BCUT2D eigenvalue weighted by Crippen LogP contribution is 2.29. The van der Waals surface area contributed by atoms with Crippen LogP contribution in [0.3, 0.4) is 0 Å². The minimum absolute atomic E-state index is 0.440. The molecule has 14 heavy (non-hydrogen) atoms. The molecule has 1 saturated carbocycles. The number of ether oxygens (including phenoxy) is 2. The molecule has 0 aromatic heterocycles. The van der Waals surface area contributed by atoms with Crippen LogP contribution in [0.1, 0.15) is 19.8 Å². The standard InChI is InChI=1S/C10H16F2O2/c1-3-9(7(2)14-10(11)12)13-6-8-4-5-8/h3,7-10H,1,4-6H2,2H3. The second kappa shape index (κ2) is 5.41. The van der Waals surface area contributed by atoms with Crippen LogP contribution in [0.2, 0.25) is 0 Å². The largest absolute Gasteiger partial charge is 0.371 e. The van der Waals surface area contributed by atoms with E-state index in [-0.39, 0.29) is 0 Å². The Labute approximate surface area is 82.9 Å². The van der Waals surface area contributed by atoms with Gasteiger partial charge in [-0.05, 0) is 25.7 Å². The van der Waals surface area contributed by atoms with Gasteiger partial charge in [-0.3, -0.25) is 0 Å². The van der Waals surface area contributed by atoms with Gasteiger partial charge in [0.05, 0.1) is 12.7 Å². The van der Waals surface area contributed by atoms with Gasteiger partial charge in [0, 0.05) is 0 Å². The lowest BCUT2D eigenvalue weighted by molar-refractivity contribution is -0.182. The monoisotopic (exact) mass is 206 g/mol. The maximum Gasteiger partial charge on any atom is 0.345 e. The predicted octanol–water partition coefficient (Wildman–Crippen LogP) is 2.60. The van der Waals surface area contributed by atoms with Gasteiger partial charge in [0.25, 0.3) is 0 Å². The average Bonchev–Trinajstić information content (AvgIpc) is 2.87. The summed E-state index contributed by atoms with van der Waals surface area (Å²) in [5, 5.41) is 0. The molecule has 0 aromatic rings. The molecule has 0 aliphatic heterocycles. The molecule has 82 valence electrons. The van der Waals surface area contributed by atoms with Gasteiger partial charge in [-0.25, -0.2) is 0 Å². The molecule has 0 saturated heterocycles. The Morgan fingerprint density at radius 2 is 2.14 bits per heavy atom. The summed E-state index contributed by atoms with van der Waals surface area (Å²) in [5.41, 5.74) is 0. The molecule has 0 aromatic carbocycles. The highest BCUT2D eigenvalue weighted by atomic mass is 19.3. The SMILES string of the molecule is C=CC(OCC1CC1)C(C)OC(F)F. The van der Waals surface area contributed by atoms with Crippen LogP contribution in [0.5, 0.6) is 0 Å². The van der Waals surface area contributed by atoms with Gasteiger partial charge in [0.15, 0.2) is 0 Å². The zero-order valence-corrected chi connectivity index (χ0v) is 8.29. The van der Waals surface area contributed by atoms with Gasteiger partial charge < -0.3 is 9.47 Å². The first-order valence-electron chi connectivity index (χ1n) is 4.81. The van der Waals surface area contributed by atoms with E-state index in [0.29, 0.717) is 12.5 Å². The summed E-state index contributed by atoms with van der Waals surface area (Å²) < 4.78 is 33.5. The topological polar surface area (TPSA) is 18.5 Å². The lowest BCUT2D eigenvalue weighted by Gasteiger charge is -2.21. The number of hydrogen-bond acceptors (Lipinski definition) is 2. The van der Waals surface area contributed by atoms with Gasteiger partial charge >= 0.3 is 6.61 Å². The van der Waals surface area contributed by atoms with Crippen LogP contribution in [0.15, 0.2) is 12.7 Å². The van der Waals surface area contributed by atoms with Crippen LogP contribution in [0.25, 0.3) is 0 Å². The summed E-state index contributed by atoms with van der Waals surface area (Å²) in [6.45, 7) is 2.96. The molecule has 2 atom stereocenters. The van der Waals surface area contributed by atoms with E-state index in [1.54, 1.807) is 6.92 Å². The van der Waals surface area contributed by atoms with Crippen molar-refractivity contribution in [2.45, 2.75) is 38.6 Å². The molecule has 4 heteroatoms. The summed E-state index contributed by atoms with van der Waals surface area (Å²) in [6.07, 6.45) is 2.77. The van der Waals surface area contributed by atoms with Crippen LogP contribution in [0, 0.1) is 5.92 Å². The van der Waals surface area contributed by atoms with Crippen molar-refractivity contribution in [1.82, 2.24) is 0 Å². The molecule has 2 nitrogen and oxygen atoms in total. The molecule has 0 N–H and O–H groups in total. The molecular weight excluding hydrogens is 190 g/mol. The summed E-state index contributed by atoms with van der Waals surface area (Å²) in [4.78, 5) is 0. The highest BCUT2D eigenvalue weighted by Gasteiger charge is 2.25. The fourth-order valence-corrected chi connectivity index (χ4v) is 1.17. The zero-order valence-electron chi connectivity index (χ0n) is 8.29. The summed E-state index contributed by atoms with van der Waals surface area (Å²) in [7, 11) is 0. The van der Waals surface area contributed by atoms with Crippen LogP contribution >= 0.6 is 0 Å². The van der Waals surface area contributed by atoms with Gasteiger partial charge in [0.1, 0.15) is 6.10 Å². The van der Waals surface area contributed by atoms with E-state index in [0.717, 1.165) is 0 Å². The fraction of sp³-hybridized carbons (Fsp3) is 0.800. The van der Waals surface area contributed by atoms with Gasteiger partial charge in [-0.15, -0.1) is 6.58 Å². The first-order valence-corrected chi connectivity index (χ1v) is 4.81. The fourth-order valence-electron chi connectivity index (χ4n) is 1.17. The van der Waals surface area contributed by atoms with Crippen molar-refractivity contribution in [3.8, 4) is 0 Å². The molecule has 0 heterocycles. The molecule has 1 rings (SSSR count). The molecule has 0 amide bonds. The Morgan fingerprint density at radius 1 is 1.50 bits per heavy atom. The lowest BCUT2D eigenvalue weighted by atomic mass is 10.2. The lowest BCUT2D eigenvalue weighted by Crippen LogP contribution is -2.29. The van der Waals surface area contributed by atoms with E-state index in [2.05, 4.69) is 11.3 Å². The van der Waals surface area contributed by atoms with Gasteiger partial charge in [-0.1, -0.05) is 6.08 Å². The highest BCUT2D eigenvalue weighted by molar-refractivity contribution is 4.86. The number of hydrogen-bond donors (Lipinski definition) is 0. The van der Waals surface area contributed by atoms with Crippen molar-refractivity contribution in [3.63, 3.8) is 0 Å². The third-order valence-corrected chi connectivity index (χ3v) is 2.23. The van der Waals surface area contributed by atoms with Crippen molar-refractivity contribution in [3.05, 3.63) is 12.7 Å². The molecule has 0 spiro atoms. The molecule has 0 radical (unpaired) electrons. The van der Waals surface area contributed by atoms with Crippen molar-refractivity contribution in [2.75, 3.05) is 6.61 Å². The van der Waals surface area contributed by atoms with Crippen LogP contribution in [0.4, 0.5) is 8.78 Å². The Kier molecular flexibility index (Phi) is 4.48. The van der Waals surface area contributed by atoms with Crippen molar-refractivity contribution in [2.24, 2.45) is 5.92 Å². The molecule has 0 bridgehead atoms. The quantitative estimate of drug-likeness (QED) is 0.596. The minimum atomic E-state index is -2.75. The first-order chi connectivity index (χ1) is 6.63. The van der Waals surface area contributed by atoms with E-state index >= 15 is 0 Å². The Bertz CT molecular complexity index is 181. The molecule has 1 aliphatic rings. The van der Waals surface area contributed by atoms with E-state index < -0.39 is 18.8 Å². The maximum absolute atomic E-state index is 11.9. The van der Waals surface area contributed by atoms with E-state index in [1.165, 1.54) is 18.9 Å². The third-order valence-electron chi connectivity index (χ3n) is 2.23. The van der Waals surface area contributed by atoms with Crippen LogP contribution in [-0.2, 0) is 9.47 Å². The number of rotatable bonds is 7. The van der Waals surface area contributed by atoms with Crippen molar-refractivity contribution in [1.29, 1.82) is 0 Å². The second-order valence-electron chi connectivity index (χ2n) is 3.58. The Morgan fingerprint density at radius 3 is 2.57 bits per heavy atom. The normalized spacial score (nSPS) is 20.9. The van der Waals surface area contributed by atoms with E-state index in [9.17, 15) is 8.78 Å². The number of halogens is 2. The van der Waals surface area contributed by atoms with E-state index in [4.69, 9.17) is 4.74 Å². The molecular formula is C10H16F2O2. The Hall–Kier alpha value is -0.480. The van der Waals surface area contributed by atoms with Gasteiger partial charge in [-0.2, -0.15) is 8.78 Å². The van der Waals surface area contributed by atoms with Crippen LogP contribution in [-0.4, -0.2) is 25.4 Å². The first kappa shape index (κ1) is 11.6. The third kappa shape index (κ3) is 4.15. The summed E-state index contributed by atoms with van der Waals surface area (Å²) in [5.74, 6) is 0.608. The summed E-state index contributed by atoms with van der Waals surface area (Å²) in [6, 6.07) is 0. The molecule has 1 aliphatic carbocycles. The maximum atomic E-state index is 11.9. The number of alkyl halides is 2. The smallest absolute Gasteiger partial charge is 0.345 e. The molecule has 1 fully saturated rings. The van der Waals surface area contributed by atoms with E-state index in [1.807, 2.05) is 0 Å². The minimum Gasteiger partial charge on any atom is -0.371 e. The van der Waals surface area contributed by atoms with Crippen molar-refractivity contribution < 1.29 is 18.3 Å². The van der Waals surface area contributed by atoms with Crippen molar-refractivity contribution >= 4 is 0 Å². The molecule has 2 unspecified atom stereocenters. The Balaban J connectivity index is 2.23. The average molecular weight is 206 g/mol. The van der Waals surface area contributed by atoms with Gasteiger partial charge in [0.2, 0.25) is 0 Å². The predicted molar refractivity (Wildman–Crippen MR) is 49.2 cm³/mol. The van der Waals surface area contributed by atoms with Crippen LogP contribution < -0.4 is 0 Å². The zero-order chi connectivity index (χ0) is 10.6.